The zero-order valence-electron chi connectivity index (χ0n) is 9.85. The van der Waals surface area contributed by atoms with E-state index >= 15 is 0 Å². The highest BCUT2D eigenvalue weighted by Gasteiger charge is 2.33. The molecule has 3 fully saturated rings. The van der Waals surface area contributed by atoms with Gasteiger partial charge in [-0.3, -0.25) is 0 Å². The fraction of sp³-hybridized carbons (Fsp3) is 0.615. The van der Waals surface area contributed by atoms with Crippen LogP contribution >= 0.6 is 11.3 Å². The van der Waals surface area contributed by atoms with Crippen LogP contribution in [0.25, 0.3) is 0 Å². The fourth-order valence-corrected chi connectivity index (χ4v) is 3.72. The van der Waals surface area contributed by atoms with E-state index in [1.54, 1.807) is 11.3 Å². The number of nitrogens with one attached hydrogen (secondary N) is 1. The molecule has 3 nitrogen and oxygen atoms in total. The maximum atomic E-state index is 8.78. The van der Waals surface area contributed by atoms with Crippen LogP contribution in [0.1, 0.15) is 23.3 Å². The number of piperidine rings is 3. The van der Waals surface area contributed by atoms with Crippen molar-refractivity contribution in [3.63, 3.8) is 0 Å². The van der Waals surface area contributed by atoms with Gasteiger partial charge in [0.05, 0.1) is 5.56 Å². The normalized spacial score (nSPS) is 31.4. The molecular formula is C13H17N3S. The van der Waals surface area contributed by atoms with E-state index in [0.29, 0.717) is 6.04 Å². The Balaban J connectivity index is 1.56. The molecule has 3 aliphatic heterocycles. The van der Waals surface area contributed by atoms with Crippen molar-refractivity contribution < 1.29 is 0 Å². The average molecular weight is 247 g/mol. The van der Waals surface area contributed by atoms with Gasteiger partial charge in [0, 0.05) is 29.4 Å². The molecule has 17 heavy (non-hydrogen) atoms. The number of fused-ring (bicyclic) bond motifs is 3. The minimum atomic E-state index is 0.658. The predicted octanol–water partition coefficient (Wildman–Crippen LogP) is 1.80. The molecule has 0 saturated carbocycles. The molecule has 4 rings (SSSR count). The van der Waals surface area contributed by atoms with E-state index in [2.05, 4.69) is 16.3 Å². The molecule has 0 aliphatic carbocycles. The molecule has 1 unspecified atom stereocenters. The van der Waals surface area contributed by atoms with Crippen molar-refractivity contribution in [3.8, 4) is 6.07 Å². The second-order valence-corrected chi connectivity index (χ2v) is 6.03. The predicted molar refractivity (Wildman–Crippen MR) is 68.8 cm³/mol. The highest BCUT2D eigenvalue weighted by Crippen LogP contribution is 2.27. The number of nitrogens with zero attached hydrogens (tertiary/aromatic N) is 2. The summed E-state index contributed by atoms with van der Waals surface area (Å²) in [6.45, 7) is 4.71. The number of hydrogen-bond donors (Lipinski definition) is 1. The zero-order chi connectivity index (χ0) is 11.7. The molecule has 1 aromatic rings. The number of rotatable bonds is 3. The van der Waals surface area contributed by atoms with Gasteiger partial charge in [0.2, 0.25) is 0 Å². The number of nitriles is 1. The van der Waals surface area contributed by atoms with Gasteiger partial charge in [0.1, 0.15) is 6.07 Å². The van der Waals surface area contributed by atoms with E-state index in [0.717, 1.165) is 18.0 Å². The Labute approximate surface area is 106 Å². The van der Waals surface area contributed by atoms with Crippen molar-refractivity contribution in [1.82, 2.24) is 10.2 Å². The molecule has 0 spiro atoms. The third-order valence-electron chi connectivity index (χ3n) is 3.98. The van der Waals surface area contributed by atoms with Crippen LogP contribution < -0.4 is 5.32 Å². The Bertz CT molecular complexity index is 426. The van der Waals surface area contributed by atoms with Crippen LogP contribution in [0.2, 0.25) is 0 Å². The summed E-state index contributed by atoms with van der Waals surface area (Å²) in [5.74, 6) is 0.871. The monoisotopic (exact) mass is 247 g/mol. The first-order valence-electron chi connectivity index (χ1n) is 6.28. The first kappa shape index (κ1) is 11.2. The third kappa shape index (κ3) is 2.37. The lowest BCUT2D eigenvalue weighted by Gasteiger charge is -2.45. The molecule has 1 atom stereocenters. The van der Waals surface area contributed by atoms with Gasteiger partial charge in [-0.1, -0.05) is 0 Å². The van der Waals surface area contributed by atoms with Gasteiger partial charge in [-0.25, -0.2) is 0 Å². The smallest absolute Gasteiger partial charge is 0.100 e. The van der Waals surface area contributed by atoms with Gasteiger partial charge in [-0.05, 0) is 37.9 Å². The minimum Gasteiger partial charge on any atom is -0.308 e. The maximum absolute atomic E-state index is 8.78. The number of thiophene rings is 1. The Morgan fingerprint density at radius 1 is 1.47 bits per heavy atom. The summed E-state index contributed by atoms with van der Waals surface area (Å²) in [7, 11) is 0. The molecular weight excluding hydrogens is 230 g/mol. The Kier molecular flexibility index (Phi) is 3.15. The molecule has 3 aliphatic rings. The highest BCUT2D eigenvalue weighted by atomic mass is 32.1. The Morgan fingerprint density at radius 2 is 2.29 bits per heavy atom. The van der Waals surface area contributed by atoms with Crippen molar-refractivity contribution in [2.75, 3.05) is 19.6 Å². The summed E-state index contributed by atoms with van der Waals surface area (Å²) in [6.07, 6.45) is 2.71. The Hall–Kier alpha value is -0.890. The summed E-state index contributed by atoms with van der Waals surface area (Å²) in [5.41, 5.74) is 0.792. The van der Waals surface area contributed by atoms with E-state index in [-0.39, 0.29) is 0 Å². The molecule has 4 heteroatoms. The van der Waals surface area contributed by atoms with Crippen LogP contribution in [0.3, 0.4) is 0 Å². The van der Waals surface area contributed by atoms with E-state index in [1.807, 2.05) is 11.4 Å². The van der Waals surface area contributed by atoms with E-state index in [4.69, 9.17) is 5.26 Å². The van der Waals surface area contributed by atoms with Crippen LogP contribution in [0.15, 0.2) is 11.4 Å². The summed E-state index contributed by atoms with van der Waals surface area (Å²) < 4.78 is 0. The second-order valence-electron chi connectivity index (χ2n) is 5.04. The quantitative estimate of drug-likeness (QED) is 0.885. The van der Waals surface area contributed by atoms with Gasteiger partial charge >= 0.3 is 0 Å². The van der Waals surface area contributed by atoms with Crippen LogP contribution in [-0.2, 0) is 6.54 Å². The zero-order valence-corrected chi connectivity index (χ0v) is 10.7. The summed E-state index contributed by atoms with van der Waals surface area (Å²) in [5, 5.41) is 14.4. The van der Waals surface area contributed by atoms with Gasteiger partial charge in [-0.15, -0.1) is 11.3 Å². The molecule has 0 aromatic carbocycles. The van der Waals surface area contributed by atoms with Crippen molar-refractivity contribution in [2.45, 2.75) is 25.4 Å². The minimum absolute atomic E-state index is 0.658. The van der Waals surface area contributed by atoms with Gasteiger partial charge in [0.25, 0.3) is 0 Å². The van der Waals surface area contributed by atoms with Crippen molar-refractivity contribution in [2.24, 2.45) is 5.92 Å². The van der Waals surface area contributed by atoms with Crippen molar-refractivity contribution in [3.05, 3.63) is 21.9 Å². The Morgan fingerprint density at radius 3 is 2.88 bits per heavy atom. The SMILES string of the molecule is N#Cc1csc(CNC2CN3CCC2CC3)c1. The lowest BCUT2D eigenvalue weighted by molar-refractivity contribution is 0.0721. The topological polar surface area (TPSA) is 39.1 Å². The standard InChI is InChI=1S/C13H17N3S/c14-6-10-5-12(17-9-10)7-15-13-8-16-3-1-11(13)2-4-16/h5,9,11,13,15H,1-4,7-8H2. The van der Waals surface area contributed by atoms with Crippen LogP contribution in [0, 0.1) is 17.2 Å². The fourth-order valence-electron chi connectivity index (χ4n) is 2.96. The first-order chi connectivity index (χ1) is 8.35. The second kappa shape index (κ2) is 4.77. The first-order valence-corrected chi connectivity index (χ1v) is 7.16. The molecule has 3 saturated heterocycles. The molecule has 0 radical (unpaired) electrons. The molecule has 1 aromatic heterocycles. The number of hydrogen-bond acceptors (Lipinski definition) is 4. The maximum Gasteiger partial charge on any atom is 0.100 e. The van der Waals surface area contributed by atoms with Gasteiger partial charge in [0.15, 0.2) is 0 Å². The average Bonchev–Trinajstić information content (AvgIpc) is 2.86. The molecule has 90 valence electrons. The van der Waals surface area contributed by atoms with E-state index < -0.39 is 0 Å². The summed E-state index contributed by atoms with van der Waals surface area (Å²) in [6, 6.07) is 4.84. The van der Waals surface area contributed by atoms with Crippen LogP contribution in [-0.4, -0.2) is 30.6 Å². The summed E-state index contributed by atoms with van der Waals surface area (Å²) in [4.78, 5) is 3.84. The highest BCUT2D eigenvalue weighted by molar-refractivity contribution is 7.10. The van der Waals surface area contributed by atoms with Crippen molar-refractivity contribution >= 4 is 11.3 Å². The third-order valence-corrected chi connectivity index (χ3v) is 4.91. The largest absolute Gasteiger partial charge is 0.308 e. The van der Waals surface area contributed by atoms with Gasteiger partial charge in [-0.2, -0.15) is 5.26 Å². The molecule has 4 heterocycles. The molecule has 1 N–H and O–H groups in total. The molecule has 2 bridgehead atoms. The van der Waals surface area contributed by atoms with Crippen molar-refractivity contribution in [1.29, 1.82) is 5.26 Å². The van der Waals surface area contributed by atoms with Crippen LogP contribution in [0.5, 0.6) is 0 Å². The molecule has 0 amide bonds. The lowest BCUT2D eigenvalue weighted by atomic mass is 9.84. The lowest BCUT2D eigenvalue weighted by Crippen LogP contribution is -2.55. The summed E-state index contributed by atoms with van der Waals surface area (Å²) >= 11 is 1.68. The van der Waals surface area contributed by atoms with Gasteiger partial charge < -0.3 is 10.2 Å². The van der Waals surface area contributed by atoms with E-state index in [9.17, 15) is 0 Å². The van der Waals surface area contributed by atoms with Crippen LogP contribution in [0.4, 0.5) is 0 Å². The van der Waals surface area contributed by atoms with E-state index in [1.165, 1.54) is 37.4 Å².